The number of likely N-dealkylation sites (tertiary alicyclic amines) is 1. The van der Waals surface area contributed by atoms with Crippen molar-refractivity contribution in [1.29, 1.82) is 0 Å². The first-order chi connectivity index (χ1) is 12.8. The van der Waals surface area contributed by atoms with Crippen LogP contribution in [0.25, 0.3) is 11.4 Å². The van der Waals surface area contributed by atoms with Crippen molar-refractivity contribution in [2.75, 3.05) is 13.1 Å². The smallest absolute Gasteiger partial charge is 0.241 e. The third-order valence-electron chi connectivity index (χ3n) is 5.44. The second-order valence-electron chi connectivity index (χ2n) is 7.44. The number of piperidine rings is 1. The Labute approximate surface area is 154 Å². The maximum absolute atomic E-state index is 12.6. The standard InChI is InChI=1S/C20H26N4O2/c25-20(21-17-10-4-5-11-17)16-9-6-12-24(13-16)14-18-22-19(23-26-18)15-7-2-1-3-8-15/h1-3,7-8,16-17H,4-6,9-14H2,(H,21,25). The number of hydrogen-bond acceptors (Lipinski definition) is 5. The van der Waals surface area contributed by atoms with Gasteiger partial charge in [-0.05, 0) is 32.2 Å². The molecule has 26 heavy (non-hydrogen) atoms. The molecule has 6 heteroatoms. The highest BCUT2D eigenvalue weighted by Gasteiger charge is 2.28. The molecule has 1 aromatic heterocycles. The Morgan fingerprint density at radius 2 is 1.96 bits per heavy atom. The number of carbonyl (C=O) groups excluding carboxylic acids is 1. The van der Waals surface area contributed by atoms with Crippen LogP contribution in [-0.2, 0) is 11.3 Å². The topological polar surface area (TPSA) is 71.3 Å². The predicted octanol–water partition coefficient (Wildman–Crippen LogP) is 3.01. The van der Waals surface area contributed by atoms with Crippen LogP contribution in [0.3, 0.4) is 0 Å². The van der Waals surface area contributed by atoms with Gasteiger partial charge in [0.2, 0.25) is 17.6 Å². The summed E-state index contributed by atoms with van der Waals surface area (Å²) < 4.78 is 5.42. The second kappa shape index (κ2) is 7.99. The SMILES string of the molecule is O=C(NC1CCCC1)C1CCCN(Cc2nc(-c3ccccc3)no2)C1. The van der Waals surface area contributed by atoms with E-state index in [1.807, 2.05) is 30.3 Å². The van der Waals surface area contributed by atoms with Gasteiger partial charge in [-0.1, -0.05) is 48.3 Å². The lowest BCUT2D eigenvalue weighted by molar-refractivity contribution is -0.127. The summed E-state index contributed by atoms with van der Waals surface area (Å²) in [6.45, 7) is 2.34. The van der Waals surface area contributed by atoms with E-state index in [2.05, 4.69) is 20.4 Å². The van der Waals surface area contributed by atoms with Gasteiger partial charge >= 0.3 is 0 Å². The zero-order valence-corrected chi connectivity index (χ0v) is 15.1. The molecule has 1 aliphatic heterocycles. The van der Waals surface area contributed by atoms with Crippen LogP contribution >= 0.6 is 0 Å². The first-order valence-electron chi connectivity index (χ1n) is 9.68. The molecule has 1 saturated heterocycles. The van der Waals surface area contributed by atoms with E-state index in [0.717, 1.165) is 44.3 Å². The van der Waals surface area contributed by atoms with E-state index in [9.17, 15) is 4.79 Å². The molecule has 1 unspecified atom stereocenters. The molecule has 6 nitrogen and oxygen atoms in total. The van der Waals surface area contributed by atoms with E-state index in [1.165, 1.54) is 12.8 Å². The highest BCUT2D eigenvalue weighted by molar-refractivity contribution is 5.79. The fourth-order valence-electron chi connectivity index (χ4n) is 4.02. The average molecular weight is 354 g/mol. The van der Waals surface area contributed by atoms with Crippen molar-refractivity contribution >= 4 is 5.91 Å². The largest absolute Gasteiger partial charge is 0.353 e. The molecule has 0 spiro atoms. The van der Waals surface area contributed by atoms with E-state index in [0.29, 0.717) is 24.3 Å². The van der Waals surface area contributed by atoms with Crippen LogP contribution < -0.4 is 5.32 Å². The Kier molecular flexibility index (Phi) is 5.29. The number of nitrogens with one attached hydrogen (secondary N) is 1. The Morgan fingerprint density at radius 3 is 2.77 bits per heavy atom. The molecule has 4 rings (SSSR count). The molecule has 138 valence electrons. The molecule has 2 aromatic rings. The van der Waals surface area contributed by atoms with Gasteiger partial charge in [0.15, 0.2) is 0 Å². The van der Waals surface area contributed by atoms with Crippen molar-refractivity contribution in [3.63, 3.8) is 0 Å². The summed E-state index contributed by atoms with van der Waals surface area (Å²) in [6.07, 6.45) is 6.74. The van der Waals surface area contributed by atoms with E-state index in [1.54, 1.807) is 0 Å². The lowest BCUT2D eigenvalue weighted by Crippen LogP contribution is -2.45. The molecule has 2 fully saturated rings. The van der Waals surface area contributed by atoms with Crippen molar-refractivity contribution in [2.45, 2.75) is 51.1 Å². The van der Waals surface area contributed by atoms with E-state index >= 15 is 0 Å². The summed E-state index contributed by atoms with van der Waals surface area (Å²) in [4.78, 5) is 19.3. The number of aromatic nitrogens is 2. The molecule has 0 bridgehead atoms. The third kappa shape index (κ3) is 4.12. The van der Waals surface area contributed by atoms with Crippen LogP contribution in [0.15, 0.2) is 34.9 Å². The lowest BCUT2D eigenvalue weighted by Gasteiger charge is -2.31. The molecular formula is C20H26N4O2. The summed E-state index contributed by atoms with van der Waals surface area (Å²) in [5.74, 6) is 1.52. The van der Waals surface area contributed by atoms with Gasteiger partial charge in [-0.25, -0.2) is 0 Å². The number of rotatable bonds is 5. The zero-order valence-electron chi connectivity index (χ0n) is 15.1. The van der Waals surface area contributed by atoms with Crippen molar-refractivity contribution in [3.8, 4) is 11.4 Å². The fourth-order valence-corrected chi connectivity index (χ4v) is 4.02. The van der Waals surface area contributed by atoms with Crippen LogP contribution in [0.2, 0.25) is 0 Å². The normalized spacial score (nSPS) is 21.8. The molecule has 2 aliphatic rings. The summed E-state index contributed by atoms with van der Waals surface area (Å²) in [5.41, 5.74) is 0.954. The highest BCUT2D eigenvalue weighted by atomic mass is 16.5. The first-order valence-corrected chi connectivity index (χ1v) is 9.68. The third-order valence-corrected chi connectivity index (χ3v) is 5.44. The average Bonchev–Trinajstić information content (AvgIpc) is 3.35. The van der Waals surface area contributed by atoms with Crippen molar-refractivity contribution < 1.29 is 9.32 Å². The van der Waals surface area contributed by atoms with Crippen LogP contribution in [-0.4, -0.2) is 40.1 Å². The Bertz CT molecular complexity index is 724. The summed E-state index contributed by atoms with van der Waals surface area (Å²) in [5, 5.41) is 7.32. The molecule has 1 N–H and O–H groups in total. The maximum Gasteiger partial charge on any atom is 0.241 e. The zero-order chi connectivity index (χ0) is 17.8. The monoisotopic (exact) mass is 354 g/mol. The van der Waals surface area contributed by atoms with Crippen LogP contribution in [0, 0.1) is 5.92 Å². The predicted molar refractivity (Wildman–Crippen MR) is 98.1 cm³/mol. The lowest BCUT2D eigenvalue weighted by atomic mass is 9.96. The number of carbonyl (C=O) groups is 1. The summed E-state index contributed by atoms with van der Waals surface area (Å²) >= 11 is 0. The van der Waals surface area contributed by atoms with Gasteiger partial charge in [-0.3, -0.25) is 9.69 Å². The molecular weight excluding hydrogens is 328 g/mol. The molecule has 0 radical (unpaired) electrons. The molecule has 1 aliphatic carbocycles. The van der Waals surface area contributed by atoms with Crippen molar-refractivity contribution in [3.05, 3.63) is 36.2 Å². The maximum atomic E-state index is 12.6. The van der Waals surface area contributed by atoms with Gasteiger partial charge < -0.3 is 9.84 Å². The molecule has 1 amide bonds. The molecule has 1 aromatic carbocycles. The Hall–Kier alpha value is -2.21. The summed E-state index contributed by atoms with van der Waals surface area (Å²) in [7, 11) is 0. The van der Waals surface area contributed by atoms with Gasteiger partial charge in [-0.2, -0.15) is 4.98 Å². The van der Waals surface area contributed by atoms with Gasteiger partial charge in [0, 0.05) is 18.2 Å². The summed E-state index contributed by atoms with van der Waals surface area (Å²) in [6, 6.07) is 10.2. The number of amides is 1. The Balaban J connectivity index is 1.33. The minimum absolute atomic E-state index is 0.0702. The van der Waals surface area contributed by atoms with Gasteiger partial charge in [-0.15, -0.1) is 0 Å². The van der Waals surface area contributed by atoms with Crippen LogP contribution in [0.4, 0.5) is 0 Å². The van der Waals surface area contributed by atoms with E-state index in [-0.39, 0.29) is 11.8 Å². The van der Waals surface area contributed by atoms with E-state index < -0.39 is 0 Å². The fraction of sp³-hybridized carbons (Fsp3) is 0.550. The van der Waals surface area contributed by atoms with Crippen molar-refractivity contribution in [2.24, 2.45) is 5.92 Å². The molecule has 1 atom stereocenters. The van der Waals surface area contributed by atoms with Crippen LogP contribution in [0.5, 0.6) is 0 Å². The van der Waals surface area contributed by atoms with Crippen molar-refractivity contribution in [1.82, 2.24) is 20.4 Å². The molecule has 2 heterocycles. The number of benzene rings is 1. The quantitative estimate of drug-likeness (QED) is 0.894. The van der Waals surface area contributed by atoms with E-state index in [4.69, 9.17) is 4.52 Å². The molecule has 1 saturated carbocycles. The van der Waals surface area contributed by atoms with Gasteiger partial charge in [0.05, 0.1) is 12.5 Å². The Morgan fingerprint density at radius 1 is 1.15 bits per heavy atom. The number of nitrogens with zero attached hydrogens (tertiary/aromatic N) is 3. The minimum atomic E-state index is 0.0702. The second-order valence-corrected chi connectivity index (χ2v) is 7.44. The highest BCUT2D eigenvalue weighted by Crippen LogP contribution is 2.22. The number of hydrogen-bond donors (Lipinski definition) is 1. The van der Waals surface area contributed by atoms with Gasteiger partial charge in [0.25, 0.3) is 0 Å². The minimum Gasteiger partial charge on any atom is -0.353 e. The van der Waals surface area contributed by atoms with Crippen LogP contribution in [0.1, 0.15) is 44.4 Å². The first kappa shape index (κ1) is 17.2. The van der Waals surface area contributed by atoms with Gasteiger partial charge in [0.1, 0.15) is 0 Å².